The number of anilines is 1. The van der Waals surface area contributed by atoms with Crippen LogP contribution in [0.25, 0.3) is 11.1 Å². The van der Waals surface area contributed by atoms with Crippen LogP contribution in [-0.2, 0) is 0 Å². The van der Waals surface area contributed by atoms with Gasteiger partial charge in [-0.1, -0.05) is 19.1 Å². The molecule has 6 heteroatoms. The molecule has 25 heavy (non-hydrogen) atoms. The van der Waals surface area contributed by atoms with Crippen molar-refractivity contribution in [1.82, 2.24) is 15.3 Å². The average Bonchev–Trinajstić information content (AvgIpc) is 3.06. The summed E-state index contributed by atoms with van der Waals surface area (Å²) in [6.07, 6.45) is 4.39. The maximum Gasteiger partial charge on any atom is 0.251 e. The molecule has 0 saturated carbocycles. The molecule has 0 aliphatic heterocycles. The summed E-state index contributed by atoms with van der Waals surface area (Å²) in [4.78, 5) is 21.0. The highest BCUT2D eigenvalue weighted by molar-refractivity contribution is 7.13. The molecule has 0 spiro atoms. The van der Waals surface area contributed by atoms with Crippen molar-refractivity contribution in [3.05, 3.63) is 64.9 Å². The van der Waals surface area contributed by atoms with Crippen LogP contribution in [-0.4, -0.2) is 15.9 Å². The van der Waals surface area contributed by atoms with Gasteiger partial charge in [0.2, 0.25) is 0 Å². The van der Waals surface area contributed by atoms with Gasteiger partial charge in [0.1, 0.15) is 0 Å². The van der Waals surface area contributed by atoms with Crippen LogP contribution in [0.1, 0.15) is 41.0 Å². The van der Waals surface area contributed by atoms with E-state index in [4.69, 9.17) is 5.73 Å². The van der Waals surface area contributed by atoms with Gasteiger partial charge in [0, 0.05) is 28.9 Å². The van der Waals surface area contributed by atoms with Crippen LogP contribution in [0, 0.1) is 6.92 Å². The molecule has 0 fully saturated rings. The Kier molecular flexibility index (Phi) is 5.09. The quantitative estimate of drug-likeness (QED) is 0.728. The first-order valence-electron chi connectivity index (χ1n) is 8.10. The van der Waals surface area contributed by atoms with E-state index in [0.29, 0.717) is 10.7 Å². The Labute approximate surface area is 151 Å². The Balaban J connectivity index is 1.74. The number of aromatic nitrogens is 2. The Morgan fingerprint density at radius 2 is 2.00 bits per heavy atom. The van der Waals surface area contributed by atoms with Gasteiger partial charge in [0.05, 0.1) is 11.7 Å². The number of hydrogen-bond acceptors (Lipinski definition) is 5. The van der Waals surface area contributed by atoms with Crippen LogP contribution in [0.5, 0.6) is 0 Å². The number of benzene rings is 1. The molecule has 1 aromatic carbocycles. The van der Waals surface area contributed by atoms with Crippen molar-refractivity contribution in [3.63, 3.8) is 0 Å². The fourth-order valence-electron chi connectivity index (χ4n) is 2.61. The lowest BCUT2D eigenvalue weighted by Gasteiger charge is -2.15. The maximum atomic E-state index is 12.5. The van der Waals surface area contributed by atoms with Crippen molar-refractivity contribution < 1.29 is 4.79 Å². The lowest BCUT2D eigenvalue weighted by atomic mass is 10.0. The van der Waals surface area contributed by atoms with Gasteiger partial charge in [-0.05, 0) is 42.7 Å². The molecule has 1 amide bonds. The number of carbonyl (C=O) groups excluding carboxylic acids is 1. The van der Waals surface area contributed by atoms with E-state index in [1.54, 1.807) is 0 Å². The lowest BCUT2D eigenvalue weighted by molar-refractivity contribution is 0.0935. The van der Waals surface area contributed by atoms with Gasteiger partial charge in [-0.25, -0.2) is 4.98 Å². The number of nitrogens with one attached hydrogen (secondary N) is 1. The van der Waals surface area contributed by atoms with Crippen LogP contribution in [0.15, 0.2) is 48.1 Å². The zero-order valence-electron chi connectivity index (χ0n) is 14.2. The van der Waals surface area contributed by atoms with E-state index < -0.39 is 0 Å². The van der Waals surface area contributed by atoms with Gasteiger partial charge in [-0.3, -0.25) is 9.78 Å². The minimum atomic E-state index is -0.137. The smallest absolute Gasteiger partial charge is 0.251 e. The molecule has 3 N–H and O–H groups in total. The molecule has 0 aliphatic rings. The van der Waals surface area contributed by atoms with E-state index in [1.807, 2.05) is 55.9 Å². The predicted molar refractivity (Wildman–Crippen MR) is 101 cm³/mol. The largest absolute Gasteiger partial charge is 0.375 e. The third kappa shape index (κ3) is 4.03. The number of aryl methyl sites for hydroxylation is 1. The number of rotatable bonds is 5. The summed E-state index contributed by atoms with van der Waals surface area (Å²) < 4.78 is 0. The molecule has 0 saturated heterocycles. The van der Waals surface area contributed by atoms with Crippen molar-refractivity contribution in [1.29, 1.82) is 0 Å². The van der Waals surface area contributed by atoms with E-state index in [-0.39, 0.29) is 11.9 Å². The fourth-order valence-corrected chi connectivity index (χ4v) is 3.23. The highest BCUT2D eigenvalue weighted by Crippen LogP contribution is 2.22. The summed E-state index contributed by atoms with van der Waals surface area (Å²) in [7, 11) is 0. The van der Waals surface area contributed by atoms with Gasteiger partial charge in [-0.15, -0.1) is 11.3 Å². The molecule has 1 atom stereocenters. The number of nitrogens with zero attached hydrogens (tertiary/aromatic N) is 2. The number of amides is 1. The fraction of sp³-hybridized carbons (Fsp3) is 0.211. The van der Waals surface area contributed by atoms with E-state index in [0.717, 1.165) is 28.8 Å². The zero-order chi connectivity index (χ0) is 17.8. The molecular weight excluding hydrogens is 332 g/mol. The summed E-state index contributed by atoms with van der Waals surface area (Å²) in [5.74, 6) is -0.118. The Bertz CT molecular complexity index is 873. The monoisotopic (exact) mass is 352 g/mol. The number of hydrogen-bond donors (Lipinski definition) is 2. The summed E-state index contributed by atoms with van der Waals surface area (Å²) >= 11 is 1.38. The molecule has 0 radical (unpaired) electrons. The van der Waals surface area contributed by atoms with Gasteiger partial charge in [0.15, 0.2) is 5.13 Å². The topological polar surface area (TPSA) is 80.9 Å². The van der Waals surface area contributed by atoms with Crippen LogP contribution < -0.4 is 11.1 Å². The molecule has 5 nitrogen and oxygen atoms in total. The van der Waals surface area contributed by atoms with E-state index in [1.165, 1.54) is 11.3 Å². The second-order valence-corrected chi connectivity index (χ2v) is 6.76. The zero-order valence-corrected chi connectivity index (χ0v) is 15.0. The SMILES string of the molecule is CCC(NC(=O)c1ccc(-c2cncc(C)c2)cc1)c1csc(N)n1. The molecule has 128 valence electrons. The second-order valence-electron chi connectivity index (χ2n) is 5.87. The Morgan fingerprint density at radius 3 is 2.60 bits per heavy atom. The Morgan fingerprint density at radius 1 is 1.24 bits per heavy atom. The van der Waals surface area contributed by atoms with Crippen LogP contribution >= 0.6 is 11.3 Å². The van der Waals surface area contributed by atoms with E-state index in [2.05, 4.69) is 21.4 Å². The number of pyridine rings is 1. The Hall–Kier alpha value is -2.73. The third-order valence-corrected chi connectivity index (χ3v) is 4.66. The van der Waals surface area contributed by atoms with Crippen LogP contribution in [0.4, 0.5) is 5.13 Å². The van der Waals surface area contributed by atoms with Gasteiger partial charge >= 0.3 is 0 Å². The molecule has 0 bridgehead atoms. The molecule has 2 aromatic heterocycles. The summed E-state index contributed by atoms with van der Waals surface area (Å²) in [5.41, 5.74) is 10.3. The number of thiazole rings is 1. The highest BCUT2D eigenvalue weighted by atomic mass is 32.1. The standard InChI is InChI=1S/C19H20N4OS/c1-3-16(17-11-25-19(20)23-17)22-18(24)14-6-4-13(5-7-14)15-8-12(2)9-21-10-15/h4-11,16H,3H2,1-2H3,(H2,20,23)(H,22,24). The molecule has 3 rings (SSSR count). The van der Waals surface area contributed by atoms with Crippen LogP contribution in [0.3, 0.4) is 0 Å². The first-order chi connectivity index (χ1) is 12.1. The first kappa shape index (κ1) is 17.1. The van der Waals surface area contributed by atoms with Crippen LogP contribution in [0.2, 0.25) is 0 Å². The summed E-state index contributed by atoms with van der Waals surface area (Å²) in [6, 6.07) is 9.47. The van der Waals surface area contributed by atoms with Gasteiger partial charge < -0.3 is 11.1 Å². The van der Waals surface area contributed by atoms with Gasteiger partial charge in [0.25, 0.3) is 5.91 Å². The molecule has 3 aromatic rings. The predicted octanol–water partition coefficient (Wildman–Crippen LogP) is 3.98. The molecule has 1 unspecified atom stereocenters. The minimum absolute atomic E-state index is 0.118. The highest BCUT2D eigenvalue weighted by Gasteiger charge is 2.16. The number of carbonyl (C=O) groups is 1. The van der Waals surface area contributed by atoms with E-state index in [9.17, 15) is 4.79 Å². The minimum Gasteiger partial charge on any atom is -0.375 e. The van der Waals surface area contributed by atoms with Crippen molar-refractivity contribution >= 4 is 22.4 Å². The summed E-state index contributed by atoms with van der Waals surface area (Å²) in [5, 5.41) is 5.42. The normalized spacial score (nSPS) is 11.9. The molecule has 0 aliphatic carbocycles. The van der Waals surface area contributed by atoms with Gasteiger partial charge in [-0.2, -0.15) is 0 Å². The summed E-state index contributed by atoms with van der Waals surface area (Å²) in [6.45, 7) is 4.02. The van der Waals surface area contributed by atoms with Crippen molar-refractivity contribution in [2.45, 2.75) is 26.3 Å². The van der Waals surface area contributed by atoms with E-state index >= 15 is 0 Å². The molecule has 2 heterocycles. The van der Waals surface area contributed by atoms with Crippen molar-refractivity contribution in [3.8, 4) is 11.1 Å². The molecular formula is C19H20N4OS. The van der Waals surface area contributed by atoms with Crippen molar-refractivity contribution in [2.24, 2.45) is 0 Å². The number of nitrogens with two attached hydrogens (primary N) is 1. The second kappa shape index (κ2) is 7.44. The first-order valence-corrected chi connectivity index (χ1v) is 8.98. The maximum absolute atomic E-state index is 12.5. The third-order valence-electron chi connectivity index (χ3n) is 3.97. The lowest BCUT2D eigenvalue weighted by Crippen LogP contribution is -2.28. The average molecular weight is 352 g/mol. The number of nitrogen functional groups attached to an aromatic ring is 1. The van der Waals surface area contributed by atoms with Crippen molar-refractivity contribution in [2.75, 3.05) is 5.73 Å².